The molecule has 26 heavy (non-hydrogen) atoms. The topological polar surface area (TPSA) is 32.8 Å². The number of carbonyl (C=O) groups is 1. The number of piperidine rings is 1. The van der Waals surface area contributed by atoms with Crippen LogP contribution in [0.5, 0.6) is 5.75 Å². The van der Waals surface area contributed by atoms with Gasteiger partial charge in [-0.15, -0.1) is 0 Å². The molecule has 0 aliphatic carbocycles. The Morgan fingerprint density at radius 2 is 1.92 bits per heavy atom. The second kappa shape index (κ2) is 7.68. The van der Waals surface area contributed by atoms with Crippen molar-refractivity contribution in [3.63, 3.8) is 0 Å². The van der Waals surface area contributed by atoms with Gasteiger partial charge in [0.15, 0.2) is 0 Å². The van der Waals surface area contributed by atoms with E-state index in [1.807, 2.05) is 41.3 Å². The number of amides is 1. The first kappa shape index (κ1) is 17.4. The van der Waals surface area contributed by atoms with Crippen molar-refractivity contribution in [2.45, 2.75) is 19.4 Å². The zero-order valence-corrected chi connectivity index (χ0v) is 15.5. The average molecular weight is 371 g/mol. The SMILES string of the molecule is O=C([C@@H]1CCCN(Cc2ccc(Cl)cc2)C1)N1CCOc2ccccc21. The Kier molecular flexibility index (Phi) is 5.14. The first-order chi connectivity index (χ1) is 12.7. The normalized spacial score (nSPS) is 20.3. The molecule has 0 aromatic heterocycles. The number of benzene rings is 2. The molecule has 0 N–H and O–H groups in total. The van der Waals surface area contributed by atoms with Crippen LogP contribution in [-0.4, -0.2) is 37.0 Å². The summed E-state index contributed by atoms with van der Waals surface area (Å²) in [5, 5.41) is 0.756. The summed E-state index contributed by atoms with van der Waals surface area (Å²) in [5.74, 6) is 1.07. The number of nitrogens with zero attached hydrogens (tertiary/aromatic N) is 2. The highest BCUT2D eigenvalue weighted by Crippen LogP contribution is 2.33. The number of fused-ring (bicyclic) bond motifs is 1. The van der Waals surface area contributed by atoms with Gasteiger partial charge >= 0.3 is 0 Å². The number of ether oxygens (including phenoxy) is 1. The van der Waals surface area contributed by atoms with Crippen molar-refractivity contribution in [2.24, 2.45) is 5.92 Å². The molecule has 1 fully saturated rings. The van der Waals surface area contributed by atoms with Gasteiger partial charge in [0.05, 0.1) is 18.2 Å². The number of rotatable bonds is 3. The maximum Gasteiger partial charge on any atom is 0.231 e. The van der Waals surface area contributed by atoms with E-state index in [4.69, 9.17) is 16.3 Å². The van der Waals surface area contributed by atoms with E-state index in [-0.39, 0.29) is 11.8 Å². The van der Waals surface area contributed by atoms with Crippen molar-refractivity contribution in [2.75, 3.05) is 31.1 Å². The van der Waals surface area contributed by atoms with E-state index in [2.05, 4.69) is 17.0 Å². The van der Waals surface area contributed by atoms with E-state index in [0.717, 1.165) is 48.9 Å². The second-order valence-corrected chi connectivity index (χ2v) is 7.44. The molecule has 2 heterocycles. The van der Waals surface area contributed by atoms with Crippen LogP contribution < -0.4 is 9.64 Å². The Bertz CT molecular complexity index is 778. The summed E-state index contributed by atoms with van der Waals surface area (Å²) >= 11 is 5.97. The summed E-state index contributed by atoms with van der Waals surface area (Å²) in [7, 11) is 0. The molecule has 2 aliphatic heterocycles. The number of hydrogen-bond acceptors (Lipinski definition) is 3. The van der Waals surface area contributed by atoms with Crippen molar-refractivity contribution in [1.29, 1.82) is 0 Å². The summed E-state index contributed by atoms with van der Waals surface area (Å²) < 4.78 is 5.69. The van der Waals surface area contributed by atoms with Crippen LogP contribution in [0.3, 0.4) is 0 Å². The number of para-hydroxylation sites is 2. The molecule has 1 amide bonds. The van der Waals surface area contributed by atoms with Crippen LogP contribution in [0.4, 0.5) is 5.69 Å². The Hall–Kier alpha value is -2.04. The highest BCUT2D eigenvalue weighted by molar-refractivity contribution is 6.30. The van der Waals surface area contributed by atoms with E-state index in [0.29, 0.717) is 13.2 Å². The van der Waals surface area contributed by atoms with Crippen LogP contribution >= 0.6 is 11.6 Å². The van der Waals surface area contributed by atoms with Crippen molar-refractivity contribution in [1.82, 2.24) is 4.90 Å². The Morgan fingerprint density at radius 1 is 1.12 bits per heavy atom. The highest BCUT2D eigenvalue weighted by Gasteiger charge is 2.32. The Labute approximate surface area is 159 Å². The van der Waals surface area contributed by atoms with Crippen LogP contribution in [0.25, 0.3) is 0 Å². The smallest absolute Gasteiger partial charge is 0.231 e. The molecule has 0 spiro atoms. The lowest BCUT2D eigenvalue weighted by Crippen LogP contribution is -2.47. The summed E-state index contributed by atoms with van der Waals surface area (Å²) in [6.07, 6.45) is 2.01. The van der Waals surface area contributed by atoms with Crippen molar-refractivity contribution < 1.29 is 9.53 Å². The minimum atomic E-state index is 0.0437. The Morgan fingerprint density at radius 3 is 2.77 bits per heavy atom. The van der Waals surface area contributed by atoms with Crippen LogP contribution in [-0.2, 0) is 11.3 Å². The van der Waals surface area contributed by atoms with Crippen LogP contribution in [0.15, 0.2) is 48.5 Å². The predicted octanol–water partition coefficient (Wildman–Crippen LogP) is 3.98. The monoisotopic (exact) mass is 370 g/mol. The van der Waals surface area contributed by atoms with Crippen molar-refractivity contribution in [3.8, 4) is 5.75 Å². The maximum absolute atomic E-state index is 13.2. The third kappa shape index (κ3) is 3.71. The number of anilines is 1. The summed E-state index contributed by atoms with van der Waals surface area (Å²) in [5.41, 5.74) is 2.14. The summed E-state index contributed by atoms with van der Waals surface area (Å²) in [6, 6.07) is 15.8. The van der Waals surface area contributed by atoms with E-state index < -0.39 is 0 Å². The van der Waals surface area contributed by atoms with Gasteiger partial charge in [0.2, 0.25) is 5.91 Å². The molecule has 1 saturated heterocycles. The number of carbonyl (C=O) groups excluding carboxylic acids is 1. The van der Waals surface area contributed by atoms with Gasteiger partial charge in [-0.2, -0.15) is 0 Å². The fraction of sp³-hybridized carbons (Fsp3) is 0.381. The quantitative estimate of drug-likeness (QED) is 0.819. The minimum Gasteiger partial charge on any atom is -0.490 e. The van der Waals surface area contributed by atoms with Gasteiger partial charge in [-0.1, -0.05) is 35.9 Å². The lowest BCUT2D eigenvalue weighted by molar-refractivity contribution is -0.124. The van der Waals surface area contributed by atoms with Gasteiger partial charge in [-0.05, 0) is 49.2 Å². The van der Waals surface area contributed by atoms with Crippen LogP contribution in [0, 0.1) is 5.92 Å². The summed E-state index contributed by atoms with van der Waals surface area (Å²) in [4.78, 5) is 17.5. The van der Waals surface area contributed by atoms with Gasteiger partial charge in [0.1, 0.15) is 12.4 Å². The van der Waals surface area contributed by atoms with Gasteiger partial charge in [0.25, 0.3) is 0 Å². The Balaban J connectivity index is 1.44. The molecule has 136 valence electrons. The third-order valence-electron chi connectivity index (χ3n) is 5.17. The average Bonchev–Trinajstić information content (AvgIpc) is 2.69. The standard InChI is InChI=1S/C21H23ClN2O2/c22-18-9-7-16(8-10-18)14-23-11-3-4-17(15-23)21(25)24-12-13-26-20-6-2-1-5-19(20)24/h1-2,5-10,17H,3-4,11-15H2/t17-/m1/s1. The molecular formula is C21H23ClN2O2. The fourth-order valence-corrected chi connectivity index (χ4v) is 3.99. The van der Waals surface area contributed by atoms with Gasteiger partial charge < -0.3 is 9.64 Å². The van der Waals surface area contributed by atoms with Crippen LogP contribution in [0.2, 0.25) is 5.02 Å². The first-order valence-electron chi connectivity index (χ1n) is 9.21. The molecule has 0 unspecified atom stereocenters. The lowest BCUT2D eigenvalue weighted by Gasteiger charge is -2.36. The lowest BCUT2D eigenvalue weighted by atomic mass is 9.95. The number of hydrogen-bond donors (Lipinski definition) is 0. The molecule has 4 nitrogen and oxygen atoms in total. The van der Waals surface area contributed by atoms with E-state index in [9.17, 15) is 4.79 Å². The fourth-order valence-electron chi connectivity index (χ4n) is 3.87. The van der Waals surface area contributed by atoms with Crippen LogP contribution in [0.1, 0.15) is 18.4 Å². The molecule has 0 bridgehead atoms. The largest absolute Gasteiger partial charge is 0.490 e. The molecule has 2 aromatic carbocycles. The minimum absolute atomic E-state index is 0.0437. The molecular weight excluding hydrogens is 348 g/mol. The molecule has 2 aromatic rings. The number of halogens is 1. The molecule has 0 saturated carbocycles. The van der Waals surface area contributed by atoms with Gasteiger partial charge in [0, 0.05) is 18.1 Å². The van der Waals surface area contributed by atoms with Gasteiger partial charge in [-0.25, -0.2) is 0 Å². The molecule has 0 radical (unpaired) electrons. The van der Waals surface area contributed by atoms with Crippen molar-refractivity contribution >= 4 is 23.2 Å². The third-order valence-corrected chi connectivity index (χ3v) is 5.42. The van der Waals surface area contributed by atoms with E-state index in [1.165, 1.54) is 5.56 Å². The highest BCUT2D eigenvalue weighted by atomic mass is 35.5. The van der Waals surface area contributed by atoms with Crippen molar-refractivity contribution in [3.05, 3.63) is 59.1 Å². The zero-order chi connectivity index (χ0) is 17.9. The molecule has 1 atom stereocenters. The molecule has 2 aliphatic rings. The van der Waals surface area contributed by atoms with E-state index >= 15 is 0 Å². The first-order valence-corrected chi connectivity index (χ1v) is 9.58. The molecule has 4 rings (SSSR count). The second-order valence-electron chi connectivity index (χ2n) is 7.01. The maximum atomic E-state index is 13.2. The molecule has 5 heteroatoms. The zero-order valence-electron chi connectivity index (χ0n) is 14.7. The number of likely N-dealkylation sites (tertiary alicyclic amines) is 1. The predicted molar refractivity (Wildman–Crippen MR) is 104 cm³/mol. The summed E-state index contributed by atoms with van der Waals surface area (Å²) in [6.45, 7) is 3.89. The van der Waals surface area contributed by atoms with E-state index in [1.54, 1.807) is 0 Å². The van der Waals surface area contributed by atoms with Gasteiger partial charge in [-0.3, -0.25) is 9.69 Å².